The minimum Gasteiger partial charge on any atom is -0.363 e. The second kappa shape index (κ2) is 5.02. The van der Waals surface area contributed by atoms with Gasteiger partial charge in [-0.05, 0) is 43.0 Å². The monoisotopic (exact) mass is 251 g/mol. The van der Waals surface area contributed by atoms with Crippen molar-refractivity contribution in [3.05, 3.63) is 46.9 Å². The van der Waals surface area contributed by atoms with Crippen molar-refractivity contribution in [1.82, 2.24) is 15.2 Å². The van der Waals surface area contributed by atoms with Crippen molar-refractivity contribution in [2.45, 2.75) is 25.8 Å². The summed E-state index contributed by atoms with van der Waals surface area (Å²) in [5.41, 5.74) is 3.75. The molecular weight excluding hydrogens is 238 g/mol. The maximum absolute atomic E-state index is 9.19. The number of nitrogens with one attached hydrogen (secondary N) is 1. The van der Waals surface area contributed by atoms with E-state index in [1.165, 1.54) is 5.56 Å². The first kappa shape index (κ1) is 11.6. The number of rotatable bonds is 3. The van der Waals surface area contributed by atoms with Crippen LogP contribution in [0.15, 0.2) is 24.4 Å². The Morgan fingerprint density at radius 2 is 2.32 bits per heavy atom. The summed E-state index contributed by atoms with van der Waals surface area (Å²) in [4.78, 5) is 4.56. The van der Waals surface area contributed by atoms with Crippen molar-refractivity contribution in [3.63, 3.8) is 0 Å². The number of aryl methyl sites for hydroxylation is 2. The van der Waals surface area contributed by atoms with Gasteiger partial charge in [-0.2, -0.15) is 15.5 Å². The van der Waals surface area contributed by atoms with E-state index < -0.39 is 0 Å². The number of nitrogens with zero attached hydrogens (tertiary/aromatic N) is 4. The van der Waals surface area contributed by atoms with E-state index >= 15 is 0 Å². The minimum absolute atomic E-state index is 0.522. The van der Waals surface area contributed by atoms with E-state index in [-0.39, 0.29) is 0 Å². The molecule has 0 aromatic carbocycles. The number of nitriles is 1. The summed E-state index contributed by atoms with van der Waals surface area (Å²) in [6.45, 7) is 0.522. The van der Waals surface area contributed by atoms with Crippen molar-refractivity contribution >= 4 is 5.82 Å². The lowest BCUT2D eigenvalue weighted by molar-refractivity contribution is 0.895. The maximum Gasteiger partial charge on any atom is 0.144 e. The van der Waals surface area contributed by atoms with Gasteiger partial charge in [0.2, 0.25) is 0 Å². The number of fused-ring (bicyclic) bond motifs is 1. The van der Waals surface area contributed by atoms with E-state index in [0.717, 1.165) is 30.7 Å². The number of pyridine rings is 1. The van der Waals surface area contributed by atoms with E-state index in [1.54, 1.807) is 6.20 Å². The van der Waals surface area contributed by atoms with E-state index in [4.69, 9.17) is 0 Å². The Labute approximate surface area is 111 Å². The summed E-state index contributed by atoms with van der Waals surface area (Å²) in [6, 6.07) is 7.88. The molecule has 0 saturated heterocycles. The van der Waals surface area contributed by atoms with Crippen LogP contribution in [0.3, 0.4) is 0 Å². The molecule has 0 unspecified atom stereocenters. The third-order valence-electron chi connectivity index (χ3n) is 3.24. The van der Waals surface area contributed by atoms with Crippen LogP contribution in [0, 0.1) is 11.3 Å². The first-order chi connectivity index (χ1) is 9.36. The van der Waals surface area contributed by atoms with Crippen molar-refractivity contribution in [1.29, 1.82) is 5.26 Å². The Kier molecular flexibility index (Phi) is 3.07. The Morgan fingerprint density at radius 1 is 1.37 bits per heavy atom. The standard InChI is InChI=1S/C14H13N5/c15-8-11-7-10-3-1-5-13(10)18-14(11)16-9-12-4-2-6-17-19-12/h2,4,6-7H,1,3,5,9H2,(H,16,18). The van der Waals surface area contributed by atoms with Crippen LogP contribution in [0.1, 0.15) is 28.9 Å². The fourth-order valence-corrected chi connectivity index (χ4v) is 2.29. The highest BCUT2D eigenvalue weighted by molar-refractivity contribution is 5.55. The third-order valence-corrected chi connectivity index (χ3v) is 3.24. The minimum atomic E-state index is 0.522. The van der Waals surface area contributed by atoms with Gasteiger partial charge in [-0.25, -0.2) is 4.98 Å². The fourth-order valence-electron chi connectivity index (χ4n) is 2.29. The van der Waals surface area contributed by atoms with Crippen LogP contribution in [0.25, 0.3) is 0 Å². The summed E-state index contributed by atoms with van der Waals surface area (Å²) < 4.78 is 0. The predicted molar refractivity (Wildman–Crippen MR) is 70.3 cm³/mol. The lowest BCUT2D eigenvalue weighted by atomic mass is 10.1. The summed E-state index contributed by atoms with van der Waals surface area (Å²) in [6.07, 6.45) is 4.79. The lowest BCUT2D eigenvalue weighted by Gasteiger charge is -2.09. The van der Waals surface area contributed by atoms with Gasteiger partial charge in [0.1, 0.15) is 11.9 Å². The molecule has 1 aliphatic rings. The van der Waals surface area contributed by atoms with Gasteiger partial charge < -0.3 is 5.32 Å². The zero-order valence-electron chi connectivity index (χ0n) is 10.4. The molecule has 2 aromatic rings. The van der Waals surface area contributed by atoms with Crippen LogP contribution in [-0.2, 0) is 19.4 Å². The molecule has 0 spiro atoms. The molecule has 1 aliphatic carbocycles. The van der Waals surface area contributed by atoms with Crippen LogP contribution in [0.4, 0.5) is 5.82 Å². The van der Waals surface area contributed by atoms with E-state index in [0.29, 0.717) is 17.9 Å². The van der Waals surface area contributed by atoms with Crippen LogP contribution in [-0.4, -0.2) is 15.2 Å². The molecule has 19 heavy (non-hydrogen) atoms. The molecule has 0 saturated carbocycles. The first-order valence-corrected chi connectivity index (χ1v) is 6.30. The third kappa shape index (κ3) is 2.38. The lowest BCUT2D eigenvalue weighted by Crippen LogP contribution is -2.07. The van der Waals surface area contributed by atoms with Gasteiger partial charge in [0.05, 0.1) is 17.8 Å². The Morgan fingerprint density at radius 3 is 3.11 bits per heavy atom. The van der Waals surface area contributed by atoms with Gasteiger partial charge >= 0.3 is 0 Å². The van der Waals surface area contributed by atoms with E-state index in [2.05, 4.69) is 26.6 Å². The predicted octanol–water partition coefficient (Wildman–Crippen LogP) is 1.84. The maximum atomic E-state index is 9.19. The molecule has 0 aliphatic heterocycles. The number of anilines is 1. The average molecular weight is 251 g/mol. The first-order valence-electron chi connectivity index (χ1n) is 6.30. The molecule has 0 amide bonds. The molecule has 2 aromatic heterocycles. The quantitative estimate of drug-likeness (QED) is 0.901. The summed E-state index contributed by atoms with van der Waals surface area (Å²) >= 11 is 0. The van der Waals surface area contributed by atoms with Gasteiger partial charge in [0, 0.05) is 11.9 Å². The Bertz CT molecular complexity index is 630. The molecule has 0 bridgehead atoms. The van der Waals surface area contributed by atoms with Crippen molar-refractivity contribution in [2.24, 2.45) is 0 Å². The molecule has 0 radical (unpaired) electrons. The largest absolute Gasteiger partial charge is 0.363 e. The highest BCUT2D eigenvalue weighted by Gasteiger charge is 2.16. The SMILES string of the molecule is N#Cc1cc2c(nc1NCc1cccnn1)CCC2. The second-order valence-electron chi connectivity index (χ2n) is 4.52. The van der Waals surface area contributed by atoms with E-state index in [9.17, 15) is 5.26 Å². The summed E-state index contributed by atoms with van der Waals surface area (Å²) in [7, 11) is 0. The van der Waals surface area contributed by atoms with E-state index in [1.807, 2.05) is 18.2 Å². The van der Waals surface area contributed by atoms with Gasteiger partial charge in [-0.3, -0.25) is 0 Å². The zero-order valence-corrected chi connectivity index (χ0v) is 10.4. The summed E-state index contributed by atoms with van der Waals surface area (Å²) in [5.74, 6) is 0.647. The molecule has 5 nitrogen and oxygen atoms in total. The highest BCUT2D eigenvalue weighted by atomic mass is 15.1. The number of aromatic nitrogens is 3. The van der Waals surface area contributed by atoms with Crippen LogP contribution in [0.2, 0.25) is 0 Å². The van der Waals surface area contributed by atoms with Crippen LogP contribution < -0.4 is 5.32 Å². The average Bonchev–Trinajstić information content (AvgIpc) is 2.92. The molecule has 94 valence electrons. The van der Waals surface area contributed by atoms with Crippen molar-refractivity contribution < 1.29 is 0 Å². The van der Waals surface area contributed by atoms with Gasteiger partial charge in [-0.1, -0.05) is 0 Å². The molecule has 5 heteroatoms. The van der Waals surface area contributed by atoms with Crippen molar-refractivity contribution in [3.8, 4) is 6.07 Å². The van der Waals surface area contributed by atoms with Crippen LogP contribution in [0.5, 0.6) is 0 Å². The summed E-state index contributed by atoms with van der Waals surface area (Å²) in [5, 5.41) is 20.2. The van der Waals surface area contributed by atoms with Crippen LogP contribution >= 0.6 is 0 Å². The fraction of sp³-hybridized carbons (Fsp3) is 0.286. The Hall–Kier alpha value is -2.48. The molecule has 0 atom stereocenters. The Balaban J connectivity index is 1.83. The smallest absolute Gasteiger partial charge is 0.144 e. The zero-order chi connectivity index (χ0) is 13.1. The second-order valence-corrected chi connectivity index (χ2v) is 4.52. The topological polar surface area (TPSA) is 74.5 Å². The van der Waals surface area contributed by atoms with Gasteiger partial charge in [0.25, 0.3) is 0 Å². The molecule has 1 N–H and O–H groups in total. The molecule has 3 rings (SSSR count). The molecular formula is C14H13N5. The highest BCUT2D eigenvalue weighted by Crippen LogP contribution is 2.25. The van der Waals surface area contributed by atoms with Gasteiger partial charge in [0.15, 0.2) is 0 Å². The normalized spacial score (nSPS) is 12.8. The molecule has 2 heterocycles. The number of hydrogen-bond donors (Lipinski definition) is 1. The van der Waals surface area contributed by atoms with Crippen molar-refractivity contribution in [2.75, 3.05) is 5.32 Å². The van der Waals surface area contributed by atoms with Gasteiger partial charge in [-0.15, -0.1) is 0 Å². The molecule has 0 fully saturated rings. The number of hydrogen-bond acceptors (Lipinski definition) is 5.